The number of hydrogen-bond donors (Lipinski definition) is 2. The van der Waals surface area contributed by atoms with Crippen molar-refractivity contribution in [2.75, 3.05) is 5.32 Å². The van der Waals surface area contributed by atoms with Crippen LogP contribution in [0.3, 0.4) is 0 Å². The van der Waals surface area contributed by atoms with Crippen LogP contribution in [0.1, 0.15) is 28.4 Å². The standard InChI is InChI=1S/C23H19N3O2S/c27-21(26-23-25-18-13-7-8-14-20(18)29-23)15-19(16-9-3-1-4-10-16)24-22(28)17-11-5-2-6-12-17/h1-14,19H,15H2,(H,24,28)(H,25,26,27)/t19-/m0/s1. The van der Waals surface area contributed by atoms with Crippen molar-refractivity contribution in [3.8, 4) is 0 Å². The lowest BCUT2D eigenvalue weighted by atomic mass is 10.0. The van der Waals surface area contributed by atoms with E-state index < -0.39 is 6.04 Å². The molecule has 1 heterocycles. The molecule has 3 aromatic carbocycles. The molecule has 144 valence electrons. The molecule has 4 rings (SSSR count). The van der Waals surface area contributed by atoms with Crippen LogP contribution in [0, 0.1) is 0 Å². The summed E-state index contributed by atoms with van der Waals surface area (Å²) in [6, 6.07) is 25.8. The van der Waals surface area contributed by atoms with E-state index in [1.165, 1.54) is 11.3 Å². The third kappa shape index (κ3) is 4.67. The number of nitrogens with zero attached hydrogens (tertiary/aromatic N) is 1. The minimum Gasteiger partial charge on any atom is -0.345 e. The van der Waals surface area contributed by atoms with Crippen LogP contribution in [0.4, 0.5) is 5.13 Å². The molecule has 0 bridgehead atoms. The van der Waals surface area contributed by atoms with Crippen molar-refractivity contribution in [2.45, 2.75) is 12.5 Å². The minimum atomic E-state index is -0.446. The maximum atomic E-state index is 12.7. The molecular formula is C23H19N3O2S. The molecule has 0 saturated carbocycles. The van der Waals surface area contributed by atoms with Gasteiger partial charge in [-0.3, -0.25) is 9.59 Å². The summed E-state index contributed by atoms with van der Waals surface area (Å²) < 4.78 is 1.01. The molecule has 2 amide bonds. The molecule has 2 N–H and O–H groups in total. The molecule has 0 spiro atoms. The Balaban J connectivity index is 1.50. The van der Waals surface area contributed by atoms with Gasteiger partial charge in [0.15, 0.2) is 5.13 Å². The summed E-state index contributed by atoms with van der Waals surface area (Å²) in [5.41, 5.74) is 2.28. The molecule has 5 nitrogen and oxygen atoms in total. The van der Waals surface area contributed by atoms with Crippen molar-refractivity contribution < 1.29 is 9.59 Å². The summed E-state index contributed by atoms with van der Waals surface area (Å²) in [4.78, 5) is 29.8. The molecule has 0 aliphatic heterocycles. The van der Waals surface area contributed by atoms with Crippen LogP contribution in [-0.2, 0) is 4.79 Å². The highest BCUT2D eigenvalue weighted by Crippen LogP contribution is 2.26. The average Bonchev–Trinajstić information content (AvgIpc) is 3.16. The second-order valence-electron chi connectivity index (χ2n) is 6.54. The highest BCUT2D eigenvalue weighted by Gasteiger charge is 2.20. The van der Waals surface area contributed by atoms with Crippen LogP contribution in [0.15, 0.2) is 84.9 Å². The average molecular weight is 401 g/mol. The summed E-state index contributed by atoms with van der Waals surface area (Å²) in [7, 11) is 0. The Kier molecular flexibility index (Phi) is 5.63. The maximum Gasteiger partial charge on any atom is 0.251 e. The van der Waals surface area contributed by atoms with E-state index >= 15 is 0 Å². The topological polar surface area (TPSA) is 71.1 Å². The molecule has 0 unspecified atom stereocenters. The number of carbonyl (C=O) groups is 2. The lowest BCUT2D eigenvalue weighted by molar-refractivity contribution is -0.116. The smallest absolute Gasteiger partial charge is 0.251 e. The maximum absolute atomic E-state index is 12.7. The summed E-state index contributed by atoms with van der Waals surface area (Å²) in [6.45, 7) is 0. The molecule has 29 heavy (non-hydrogen) atoms. The van der Waals surface area contributed by atoms with Gasteiger partial charge in [-0.05, 0) is 29.8 Å². The third-order valence-electron chi connectivity index (χ3n) is 4.47. The fourth-order valence-corrected chi connectivity index (χ4v) is 3.93. The lowest BCUT2D eigenvalue weighted by Crippen LogP contribution is -2.31. The van der Waals surface area contributed by atoms with Crippen LogP contribution in [0.25, 0.3) is 10.2 Å². The van der Waals surface area contributed by atoms with E-state index in [1.807, 2.05) is 72.8 Å². The van der Waals surface area contributed by atoms with Crippen molar-refractivity contribution in [3.05, 3.63) is 96.1 Å². The van der Waals surface area contributed by atoms with Gasteiger partial charge in [-0.1, -0.05) is 72.0 Å². The number of fused-ring (bicyclic) bond motifs is 1. The molecule has 0 radical (unpaired) electrons. The van der Waals surface area contributed by atoms with Crippen LogP contribution in [0.2, 0.25) is 0 Å². The van der Waals surface area contributed by atoms with Gasteiger partial charge < -0.3 is 10.6 Å². The summed E-state index contributed by atoms with van der Waals surface area (Å²) >= 11 is 1.43. The van der Waals surface area contributed by atoms with Gasteiger partial charge in [-0.2, -0.15) is 0 Å². The number of carbonyl (C=O) groups excluding carboxylic acids is 2. The van der Waals surface area contributed by atoms with Crippen molar-refractivity contribution >= 4 is 38.5 Å². The van der Waals surface area contributed by atoms with E-state index in [1.54, 1.807) is 12.1 Å². The number of nitrogens with one attached hydrogen (secondary N) is 2. The summed E-state index contributed by atoms with van der Waals surface area (Å²) in [5.74, 6) is -0.418. The first-order valence-corrected chi connectivity index (χ1v) is 10.1. The second-order valence-corrected chi connectivity index (χ2v) is 7.57. The zero-order chi connectivity index (χ0) is 20.1. The van der Waals surface area contributed by atoms with Crippen LogP contribution < -0.4 is 10.6 Å². The molecular weight excluding hydrogens is 382 g/mol. The zero-order valence-electron chi connectivity index (χ0n) is 15.5. The van der Waals surface area contributed by atoms with Gasteiger partial charge in [-0.15, -0.1) is 0 Å². The molecule has 0 aliphatic rings. The molecule has 0 saturated heterocycles. The molecule has 4 aromatic rings. The van der Waals surface area contributed by atoms with E-state index in [4.69, 9.17) is 0 Å². The fourth-order valence-electron chi connectivity index (χ4n) is 3.05. The van der Waals surface area contributed by atoms with Gasteiger partial charge >= 0.3 is 0 Å². The van der Waals surface area contributed by atoms with E-state index in [2.05, 4.69) is 15.6 Å². The second kappa shape index (κ2) is 8.67. The Bertz CT molecular complexity index is 1090. The van der Waals surface area contributed by atoms with E-state index in [-0.39, 0.29) is 18.2 Å². The fraction of sp³-hybridized carbons (Fsp3) is 0.0870. The highest BCUT2D eigenvalue weighted by molar-refractivity contribution is 7.22. The van der Waals surface area contributed by atoms with Gasteiger partial charge in [-0.25, -0.2) is 4.98 Å². The lowest BCUT2D eigenvalue weighted by Gasteiger charge is -2.19. The summed E-state index contributed by atoms with van der Waals surface area (Å²) in [5, 5.41) is 6.39. The largest absolute Gasteiger partial charge is 0.345 e. The predicted octanol–water partition coefficient (Wildman–Crippen LogP) is 4.80. The van der Waals surface area contributed by atoms with E-state index in [0.717, 1.165) is 15.8 Å². The first-order chi connectivity index (χ1) is 14.2. The van der Waals surface area contributed by atoms with Gasteiger partial charge in [0.1, 0.15) is 0 Å². The Labute approximate surface area is 172 Å². The third-order valence-corrected chi connectivity index (χ3v) is 5.42. The van der Waals surface area contributed by atoms with Crippen molar-refractivity contribution in [1.29, 1.82) is 0 Å². The SMILES string of the molecule is O=C(C[C@H](NC(=O)c1ccccc1)c1ccccc1)Nc1nc2ccccc2s1. The number of benzene rings is 3. The van der Waals surface area contributed by atoms with Gasteiger partial charge in [0.05, 0.1) is 22.7 Å². The quantitative estimate of drug-likeness (QED) is 0.488. The minimum absolute atomic E-state index is 0.110. The van der Waals surface area contributed by atoms with Crippen LogP contribution in [0.5, 0.6) is 0 Å². The number of rotatable bonds is 6. The van der Waals surface area contributed by atoms with E-state index in [0.29, 0.717) is 10.7 Å². The van der Waals surface area contributed by atoms with Gasteiger partial charge in [0.2, 0.25) is 5.91 Å². The molecule has 6 heteroatoms. The number of hydrogen-bond acceptors (Lipinski definition) is 4. The first-order valence-electron chi connectivity index (χ1n) is 9.25. The number of amides is 2. The Morgan fingerprint density at radius 2 is 1.52 bits per heavy atom. The van der Waals surface area contributed by atoms with Crippen molar-refractivity contribution in [1.82, 2.24) is 10.3 Å². The molecule has 1 atom stereocenters. The van der Waals surface area contributed by atoms with Crippen molar-refractivity contribution in [2.24, 2.45) is 0 Å². The Morgan fingerprint density at radius 3 is 2.24 bits per heavy atom. The van der Waals surface area contributed by atoms with Gasteiger partial charge in [0.25, 0.3) is 5.91 Å². The van der Waals surface area contributed by atoms with E-state index in [9.17, 15) is 9.59 Å². The number of para-hydroxylation sites is 1. The molecule has 0 fully saturated rings. The number of anilines is 1. The van der Waals surface area contributed by atoms with Crippen LogP contribution >= 0.6 is 11.3 Å². The number of thiazole rings is 1. The van der Waals surface area contributed by atoms with Gasteiger partial charge in [0, 0.05) is 5.56 Å². The summed E-state index contributed by atoms with van der Waals surface area (Å²) in [6.07, 6.45) is 0.110. The molecule has 1 aromatic heterocycles. The number of aromatic nitrogens is 1. The van der Waals surface area contributed by atoms with Crippen molar-refractivity contribution in [3.63, 3.8) is 0 Å². The highest BCUT2D eigenvalue weighted by atomic mass is 32.1. The normalized spacial score (nSPS) is 11.7. The zero-order valence-corrected chi connectivity index (χ0v) is 16.4. The monoisotopic (exact) mass is 401 g/mol. The predicted molar refractivity (Wildman–Crippen MR) is 116 cm³/mol. The van der Waals surface area contributed by atoms with Crippen LogP contribution in [-0.4, -0.2) is 16.8 Å². The molecule has 0 aliphatic carbocycles. The Morgan fingerprint density at radius 1 is 0.862 bits per heavy atom. The first kappa shape index (κ1) is 18.8. The Hall–Kier alpha value is -3.51.